The van der Waals surface area contributed by atoms with Crippen molar-refractivity contribution in [1.82, 2.24) is 0 Å². The first-order valence-corrected chi connectivity index (χ1v) is 3.66. The summed E-state index contributed by atoms with van der Waals surface area (Å²) in [6.45, 7) is 2.93. The summed E-state index contributed by atoms with van der Waals surface area (Å²) in [6.07, 6.45) is 7.80. The Bertz CT molecular complexity index is 183. The van der Waals surface area contributed by atoms with Crippen molar-refractivity contribution in [3.8, 4) is 0 Å². The molecule has 0 heterocycles. The molecule has 0 fully saturated rings. The summed E-state index contributed by atoms with van der Waals surface area (Å²) < 4.78 is 5.39. The van der Waals surface area contributed by atoms with Crippen LogP contribution in [-0.2, 0) is 4.74 Å². The predicted octanol–water partition coefficient (Wildman–Crippen LogP) is 2.41. The fourth-order valence-electron chi connectivity index (χ4n) is 0.777. The molecular weight excluding hydrogens is 124 g/mol. The Morgan fingerprint density at radius 2 is 2.60 bits per heavy atom. The average Bonchev–Trinajstić information content (AvgIpc) is 2.03. The molecule has 0 aromatic rings. The normalized spacial score (nSPS) is 15.1. The zero-order valence-corrected chi connectivity index (χ0v) is 6.26. The summed E-state index contributed by atoms with van der Waals surface area (Å²) in [5, 5.41) is 0. The van der Waals surface area contributed by atoms with Crippen molar-refractivity contribution in [3.05, 3.63) is 29.7 Å². The molecule has 0 unspecified atom stereocenters. The average molecular weight is 136 g/mol. The molecule has 0 N–H and O–H groups in total. The van der Waals surface area contributed by atoms with E-state index in [9.17, 15) is 0 Å². The SMILES string of the molecule is CCCOC1=CC=C=CC1. The summed E-state index contributed by atoms with van der Waals surface area (Å²) in [5.41, 5.74) is 2.98. The minimum atomic E-state index is 0.827. The highest BCUT2D eigenvalue weighted by molar-refractivity contribution is 5.15. The molecule has 0 atom stereocenters. The molecule has 0 bridgehead atoms. The van der Waals surface area contributed by atoms with Crippen LogP contribution in [0.3, 0.4) is 0 Å². The largest absolute Gasteiger partial charge is 0.498 e. The predicted molar refractivity (Wildman–Crippen MR) is 41.6 cm³/mol. The number of rotatable bonds is 3. The highest BCUT2D eigenvalue weighted by Crippen LogP contribution is 2.07. The van der Waals surface area contributed by atoms with Crippen LogP contribution < -0.4 is 0 Å². The second kappa shape index (κ2) is 3.97. The molecule has 1 nitrogen and oxygen atoms in total. The van der Waals surface area contributed by atoms with Crippen LogP contribution in [0.25, 0.3) is 0 Å². The van der Waals surface area contributed by atoms with Gasteiger partial charge in [-0.1, -0.05) is 6.92 Å². The second-order valence-corrected chi connectivity index (χ2v) is 2.22. The number of ether oxygens (including phenoxy) is 1. The Labute approximate surface area is 61.7 Å². The smallest absolute Gasteiger partial charge is 0.101 e. The minimum absolute atomic E-state index is 0.827. The van der Waals surface area contributed by atoms with Gasteiger partial charge >= 0.3 is 0 Å². The molecule has 0 saturated carbocycles. The third-order valence-corrected chi connectivity index (χ3v) is 1.28. The molecule has 0 aliphatic heterocycles. The summed E-state index contributed by atoms with van der Waals surface area (Å²) >= 11 is 0. The van der Waals surface area contributed by atoms with E-state index in [-0.39, 0.29) is 0 Å². The molecule has 0 amide bonds. The zero-order chi connectivity index (χ0) is 7.23. The van der Waals surface area contributed by atoms with Crippen molar-refractivity contribution in [2.75, 3.05) is 6.61 Å². The van der Waals surface area contributed by atoms with Crippen molar-refractivity contribution in [1.29, 1.82) is 0 Å². The third kappa shape index (κ3) is 2.12. The highest BCUT2D eigenvalue weighted by atomic mass is 16.5. The van der Waals surface area contributed by atoms with Crippen LogP contribution >= 0.6 is 0 Å². The lowest BCUT2D eigenvalue weighted by Crippen LogP contribution is -1.93. The van der Waals surface area contributed by atoms with Crippen LogP contribution in [-0.4, -0.2) is 6.61 Å². The molecule has 0 aromatic heterocycles. The monoisotopic (exact) mass is 136 g/mol. The fraction of sp³-hybridized carbons (Fsp3) is 0.444. The van der Waals surface area contributed by atoms with E-state index in [0.29, 0.717) is 0 Å². The Morgan fingerprint density at radius 3 is 3.20 bits per heavy atom. The van der Waals surface area contributed by atoms with Crippen LogP contribution in [0, 0.1) is 0 Å². The molecule has 1 rings (SSSR count). The van der Waals surface area contributed by atoms with Crippen LogP contribution in [0.2, 0.25) is 0 Å². The zero-order valence-electron chi connectivity index (χ0n) is 6.26. The fourth-order valence-corrected chi connectivity index (χ4v) is 0.777. The van der Waals surface area contributed by atoms with Gasteiger partial charge in [0.2, 0.25) is 0 Å². The van der Waals surface area contributed by atoms with E-state index in [1.807, 2.05) is 18.2 Å². The molecular formula is C9H12O. The molecule has 0 aromatic carbocycles. The van der Waals surface area contributed by atoms with E-state index in [0.717, 1.165) is 25.2 Å². The maximum absolute atomic E-state index is 5.39. The number of allylic oxidation sites excluding steroid dienone is 2. The van der Waals surface area contributed by atoms with Crippen LogP contribution in [0.5, 0.6) is 0 Å². The molecule has 54 valence electrons. The van der Waals surface area contributed by atoms with Gasteiger partial charge in [-0.3, -0.25) is 0 Å². The van der Waals surface area contributed by atoms with Gasteiger partial charge in [-0.2, -0.15) is 0 Å². The maximum atomic E-state index is 5.39. The van der Waals surface area contributed by atoms with Gasteiger partial charge in [0, 0.05) is 6.42 Å². The van der Waals surface area contributed by atoms with E-state index < -0.39 is 0 Å². The lowest BCUT2D eigenvalue weighted by Gasteiger charge is -2.06. The highest BCUT2D eigenvalue weighted by Gasteiger charge is 1.94. The van der Waals surface area contributed by atoms with Gasteiger partial charge < -0.3 is 4.74 Å². The number of hydrogen-bond donors (Lipinski definition) is 0. The van der Waals surface area contributed by atoms with Gasteiger partial charge in [-0.15, -0.1) is 5.73 Å². The first-order valence-electron chi connectivity index (χ1n) is 3.66. The van der Waals surface area contributed by atoms with Gasteiger partial charge in [-0.25, -0.2) is 0 Å². The van der Waals surface area contributed by atoms with Gasteiger partial charge in [0.1, 0.15) is 5.76 Å². The van der Waals surface area contributed by atoms with Gasteiger partial charge in [-0.05, 0) is 24.6 Å². The van der Waals surface area contributed by atoms with Crippen molar-refractivity contribution in [2.45, 2.75) is 19.8 Å². The molecule has 0 spiro atoms. The summed E-state index contributed by atoms with van der Waals surface area (Å²) in [6, 6.07) is 0. The van der Waals surface area contributed by atoms with Crippen molar-refractivity contribution < 1.29 is 4.74 Å². The first kappa shape index (κ1) is 7.17. The maximum Gasteiger partial charge on any atom is 0.101 e. The Balaban J connectivity index is 2.30. The van der Waals surface area contributed by atoms with Gasteiger partial charge in [0.25, 0.3) is 0 Å². The van der Waals surface area contributed by atoms with Gasteiger partial charge in [0.15, 0.2) is 0 Å². The first-order chi connectivity index (χ1) is 4.93. The molecule has 10 heavy (non-hydrogen) atoms. The van der Waals surface area contributed by atoms with E-state index in [1.165, 1.54) is 0 Å². The lowest BCUT2D eigenvalue weighted by molar-refractivity contribution is 0.208. The van der Waals surface area contributed by atoms with Crippen molar-refractivity contribution in [2.24, 2.45) is 0 Å². The van der Waals surface area contributed by atoms with E-state index >= 15 is 0 Å². The van der Waals surface area contributed by atoms with Crippen LogP contribution in [0.1, 0.15) is 19.8 Å². The third-order valence-electron chi connectivity index (χ3n) is 1.28. The Hall–Kier alpha value is -0.940. The number of hydrogen-bond acceptors (Lipinski definition) is 1. The van der Waals surface area contributed by atoms with Crippen molar-refractivity contribution in [3.63, 3.8) is 0 Å². The topological polar surface area (TPSA) is 9.23 Å². The van der Waals surface area contributed by atoms with Crippen LogP contribution in [0.4, 0.5) is 0 Å². The minimum Gasteiger partial charge on any atom is -0.498 e. The van der Waals surface area contributed by atoms with E-state index in [1.54, 1.807) is 0 Å². The standard InChI is InChI=1S/C9H12O/c1-2-8-10-9-6-4-3-5-7-9/h4-6H,2,7-8H2,1H3. The van der Waals surface area contributed by atoms with Gasteiger partial charge in [0.05, 0.1) is 6.61 Å². The quantitative estimate of drug-likeness (QED) is 0.541. The van der Waals surface area contributed by atoms with E-state index in [4.69, 9.17) is 4.74 Å². The lowest BCUT2D eigenvalue weighted by atomic mass is 10.2. The Kier molecular flexibility index (Phi) is 2.85. The molecule has 0 radical (unpaired) electrons. The van der Waals surface area contributed by atoms with Crippen molar-refractivity contribution >= 4 is 0 Å². The van der Waals surface area contributed by atoms with E-state index in [2.05, 4.69) is 12.7 Å². The molecule has 1 heteroatoms. The summed E-state index contributed by atoms with van der Waals surface area (Å²) in [7, 11) is 0. The molecule has 1 aliphatic carbocycles. The molecule has 1 aliphatic rings. The summed E-state index contributed by atoms with van der Waals surface area (Å²) in [5.74, 6) is 1.06. The van der Waals surface area contributed by atoms with Crippen LogP contribution in [0.15, 0.2) is 29.7 Å². The summed E-state index contributed by atoms with van der Waals surface area (Å²) in [4.78, 5) is 0. The Morgan fingerprint density at radius 1 is 1.70 bits per heavy atom. The second-order valence-electron chi connectivity index (χ2n) is 2.22. The molecule has 0 saturated heterocycles.